The van der Waals surface area contributed by atoms with E-state index in [1.165, 1.54) is 29.4 Å². The van der Waals surface area contributed by atoms with Crippen LogP contribution in [0, 0.1) is 5.82 Å². The lowest BCUT2D eigenvalue weighted by molar-refractivity contribution is 0.0984. The highest BCUT2D eigenvalue weighted by molar-refractivity contribution is 7.92. The predicted molar refractivity (Wildman–Crippen MR) is 154 cm³/mol. The lowest BCUT2D eigenvalue weighted by atomic mass is 10.1. The van der Waals surface area contributed by atoms with Gasteiger partial charge in [-0.3, -0.25) is 14.4 Å². The van der Waals surface area contributed by atoms with Crippen LogP contribution in [0.5, 0.6) is 5.75 Å². The molecule has 1 aromatic heterocycles. The largest absolute Gasteiger partial charge is 0.494 e. The van der Waals surface area contributed by atoms with Crippen molar-refractivity contribution in [3.8, 4) is 5.75 Å². The van der Waals surface area contributed by atoms with E-state index in [0.717, 1.165) is 37.4 Å². The lowest BCUT2D eigenvalue weighted by Gasteiger charge is -2.25. The van der Waals surface area contributed by atoms with Crippen molar-refractivity contribution in [3.05, 3.63) is 77.1 Å². The molecule has 4 aromatic rings. The molecular weight excluding hydrogens is 563 g/mol. The molecule has 0 aliphatic carbocycles. The van der Waals surface area contributed by atoms with Gasteiger partial charge in [-0.05, 0) is 61.6 Å². The normalized spacial score (nSPS) is 11.6. The number of carbonyl (C=O) groups is 1. The molecule has 3 aromatic carbocycles. The molecule has 1 amide bonds. The molecule has 1 N–H and O–H groups in total. The van der Waals surface area contributed by atoms with Crippen molar-refractivity contribution < 1.29 is 22.3 Å². The molecule has 206 valence electrons. The predicted octanol–water partition coefficient (Wildman–Crippen LogP) is 5.89. The number of methoxy groups -OCH3 is 1. The Morgan fingerprint density at radius 3 is 2.41 bits per heavy atom. The summed E-state index contributed by atoms with van der Waals surface area (Å²) in [6.07, 6.45) is 0. The van der Waals surface area contributed by atoms with Gasteiger partial charge in [0.15, 0.2) is 5.13 Å². The molecule has 0 saturated heterocycles. The number of para-hydroxylation sites is 1. The first-order valence-corrected chi connectivity index (χ1v) is 14.9. The average Bonchev–Trinajstić information content (AvgIpc) is 3.37. The Balaban J connectivity index is 1.75. The summed E-state index contributed by atoms with van der Waals surface area (Å²) in [6, 6.07) is 14.2. The van der Waals surface area contributed by atoms with Gasteiger partial charge in [-0.2, -0.15) is 0 Å². The number of halogens is 2. The fourth-order valence-electron chi connectivity index (χ4n) is 4.01. The van der Waals surface area contributed by atoms with Gasteiger partial charge in [0.2, 0.25) is 0 Å². The Bertz CT molecular complexity index is 1570. The number of rotatable bonds is 11. The molecule has 0 atom stereocenters. The van der Waals surface area contributed by atoms with Crippen LogP contribution >= 0.6 is 22.9 Å². The number of hydrogen-bond acceptors (Lipinski definition) is 7. The second kappa shape index (κ2) is 12.3. The minimum Gasteiger partial charge on any atom is -0.494 e. The number of anilines is 2. The van der Waals surface area contributed by atoms with Gasteiger partial charge in [0.05, 0.1) is 33.0 Å². The maximum Gasteiger partial charge on any atom is 0.262 e. The fraction of sp³-hybridized carbons (Fsp3) is 0.259. The summed E-state index contributed by atoms with van der Waals surface area (Å²) < 4.78 is 48.1. The number of nitrogens with zero attached hydrogens (tertiary/aromatic N) is 3. The van der Waals surface area contributed by atoms with Crippen LogP contribution in [0.2, 0.25) is 5.02 Å². The number of nitrogens with one attached hydrogen (secondary N) is 1. The summed E-state index contributed by atoms with van der Waals surface area (Å²) in [6.45, 7) is 6.55. The maximum atomic E-state index is 14.1. The minimum atomic E-state index is -4.09. The Morgan fingerprint density at radius 1 is 1.05 bits per heavy atom. The molecule has 8 nitrogen and oxygen atoms in total. The van der Waals surface area contributed by atoms with Gasteiger partial charge in [-0.25, -0.2) is 17.8 Å². The Hall–Kier alpha value is -3.25. The Kier molecular flexibility index (Phi) is 9.06. The average molecular weight is 591 g/mol. The molecule has 12 heteroatoms. The van der Waals surface area contributed by atoms with Crippen molar-refractivity contribution in [2.45, 2.75) is 18.7 Å². The van der Waals surface area contributed by atoms with Gasteiger partial charge in [0.1, 0.15) is 17.1 Å². The highest BCUT2D eigenvalue weighted by Crippen LogP contribution is 2.39. The molecular formula is C27H28ClFN4O4S2. The summed E-state index contributed by atoms with van der Waals surface area (Å²) in [7, 11) is -2.55. The summed E-state index contributed by atoms with van der Waals surface area (Å²) in [5, 5.41) is 0.892. The summed E-state index contributed by atoms with van der Waals surface area (Å²) >= 11 is 7.70. The third-order valence-electron chi connectivity index (χ3n) is 6.20. The quantitative estimate of drug-likeness (QED) is 0.234. The van der Waals surface area contributed by atoms with Crippen LogP contribution in [-0.4, -0.2) is 57.5 Å². The van der Waals surface area contributed by atoms with Crippen LogP contribution in [0.4, 0.5) is 15.2 Å². The molecule has 1 heterocycles. The number of fused-ring (bicyclic) bond motifs is 1. The first kappa shape index (κ1) is 28.8. The van der Waals surface area contributed by atoms with Gasteiger partial charge in [0.25, 0.3) is 15.9 Å². The highest BCUT2D eigenvalue weighted by atomic mass is 35.5. The number of hydrogen-bond donors (Lipinski definition) is 1. The first-order chi connectivity index (χ1) is 18.7. The van der Waals surface area contributed by atoms with Gasteiger partial charge < -0.3 is 9.64 Å². The lowest BCUT2D eigenvalue weighted by Crippen LogP contribution is -2.39. The van der Waals surface area contributed by atoms with Crippen molar-refractivity contribution in [1.29, 1.82) is 0 Å². The van der Waals surface area contributed by atoms with Gasteiger partial charge in [-0.15, -0.1) is 0 Å². The zero-order chi connectivity index (χ0) is 28.2. The number of amides is 1. The van der Waals surface area contributed by atoms with E-state index in [1.54, 1.807) is 30.3 Å². The van der Waals surface area contributed by atoms with Crippen LogP contribution in [0.1, 0.15) is 24.2 Å². The standard InChI is InChI=1S/C27H28ClFN4O4S2/c1-4-32(5-2)16-17-33(27-30-24-23(37-3)15-14-21(28)25(24)38-27)26(34)20-8-6-7-9-22(20)31-39(35,36)19-12-10-18(29)11-13-19/h6-15,31H,4-5,16-17H2,1-3H3. The number of carbonyl (C=O) groups excluding carboxylic acids is 1. The van der Waals surface area contributed by atoms with Gasteiger partial charge in [0, 0.05) is 13.1 Å². The first-order valence-electron chi connectivity index (χ1n) is 12.2. The SMILES string of the molecule is CCN(CC)CCN(C(=O)c1ccccc1NS(=O)(=O)c1ccc(F)cc1)c1nc2c(OC)ccc(Cl)c2s1. The molecule has 4 rings (SSSR count). The second-order valence-corrected chi connectivity index (χ2v) is 11.6. The van der Waals surface area contributed by atoms with Crippen molar-refractivity contribution in [2.75, 3.05) is 42.9 Å². The molecule has 0 spiro atoms. The van der Waals surface area contributed by atoms with E-state index in [9.17, 15) is 17.6 Å². The smallest absolute Gasteiger partial charge is 0.262 e. The molecule has 0 saturated carbocycles. The molecule has 0 fully saturated rings. The topological polar surface area (TPSA) is 91.8 Å². The van der Waals surface area contributed by atoms with Crippen LogP contribution in [0.25, 0.3) is 10.2 Å². The number of thiazole rings is 1. The Morgan fingerprint density at radius 2 is 1.74 bits per heavy atom. The number of benzene rings is 3. The third-order valence-corrected chi connectivity index (χ3v) is 9.12. The van der Waals surface area contributed by atoms with Crippen LogP contribution in [0.3, 0.4) is 0 Å². The molecule has 0 aliphatic rings. The van der Waals surface area contributed by atoms with Crippen molar-refractivity contribution in [1.82, 2.24) is 9.88 Å². The molecule has 0 radical (unpaired) electrons. The van der Waals surface area contributed by atoms with E-state index < -0.39 is 21.7 Å². The van der Waals surface area contributed by atoms with E-state index in [2.05, 4.69) is 9.62 Å². The maximum absolute atomic E-state index is 14.1. The molecule has 0 unspecified atom stereocenters. The van der Waals surface area contributed by atoms with Crippen LogP contribution in [-0.2, 0) is 10.0 Å². The van der Waals surface area contributed by atoms with E-state index in [-0.39, 0.29) is 16.1 Å². The summed E-state index contributed by atoms with van der Waals surface area (Å²) in [5.41, 5.74) is 0.771. The molecule has 0 bridgehead atoms. The zero-order valence-corrected chi connectivity index (χ0v) is 24.0. The number of ether oxygens (including phenoxy) is 1. The highest BCUT2D eigenvalue weighted by Gasteiger charge is 2.27. The van der Waals surface area contributed by atoms with E-state index in [0.29, 0.717) is 39.2 Å². The fourth-order valence-corrected chi connectivity index (χ4v) is 6.37. The van der Waals surface area contributed by atoms with Crippen molar-refractivity contribution in [2.24, 2.45) is 0 Å². The van der Waals surface area contributed by atoms with Gasteiger partial charge >= 0.3 is 0 Å². The summed E-state index contributed by atoms with van der Waals surface area (Å²) in [4.78, 5) is 22.3. The third kappa shape index (κ3) is 6.33. The van der Waals surface area contributed by atoms with E-state index >= 15 is 0 Å². The van der Waals surface area contributed by atoms with Crippen molar-refractivity contribution >= 4 is 59.9 Å². The van der Waals surface area contributed by atoms with Crippen LogP contribution in [0.15, 0.2) is 65.6 Å². The van der Waals surface area contributed by atoms with Crippen molar-refractivity contribution in [3.63, 3.8) is 0 Å². The van der Waals surface area contributed by atoms with Gasteiger partial charge in [-0.1, -0.05) is 48.9 Å². The van der Waals surface area contributed by atoms with Crippen LogP contribution < -0.4 is 14.4 Å². The minimum absolute atomic E-state index is 0.0939. The van der Waals surface area contributed by atoms with E-state index in [1.807, 2.05) is 13.8 Å². The molecule has 0 aliphatic heterocycles. The number of sulfonamides is 1. The summed E-state index contributed by atoms with van der Waals surface area (Å²) in [5.74, 6) is -0.463. The number of aromatic nitrogens is 1. The zero-order valence-electron chi connectivity index (χ0n) is 21.6. The second-order valence-electron chi connectivity index (χ2n) is 8.51. The molecule has 39 heavy (non-hydrogen) atoms. The monoisotopic (exact) mass is 590 g/mol. The number of likely N-dealkylation sites (N-methyl/N-ethyl adjacent to an activating group) is 1. The van der Waals surface area contributed by atoms with E-state index in [4.69, 9.17) is 21.3 Å². The Labute approximate surface area is 236 Å².